The number of hydrogen-bond donors (Lipinski definition) is 1. The van der Waals surface area contributed by atoms with Crippen LogP contribution in [0.4, 0.5) is 4.79 Å². The van der Waals surface area contributed by atoms with Gasteiger partial charge in [-0.3, -0.25) is 4.79 Å². The summed E-state index contributed by atoms with van der Waals surface area (Å²) in [5, 5.41) is 2.71. The molecule has 0 aromatic heterocycles. The predicted molar refractivity (Wildman–Crippen MR) is 216 cm³/mol. The summed E-state index contributed by atoms with van der Waals surface area (Å²) in [4.78, 5) is 24.9. The van der Waals surface area contributed by atoms with Crippen molar-refractivity contribution in [2.24, 2.45) is 0 Å². The van der Waals surface area contributed by atoms with Crippen LogP contribution < -0.4 is 5.32 Å². The highest BCUT2D eigenvalue weighted by Gasteiger charge is 2.17. The molecule has 0 saturated heterocycles. The van der Waals surface area contributed by atoms with Crippen molar-refractivity contribution in [3.63, 3.8) is 0 Å². The molecule has 0 saturated carbocycles. The van der Waals surface area contributed by atoms with Crippen LogP contribution in [-0.2, 0) is 23.7 Å². The monoisotopic (exact) mass is 726 g/mol. The molecule has 0 heterocycles. The van der Waals surface area contributed by atoms with Crippen molar-refractivity contribution in [1.29, 1.82) is 0 Å². The van der Waals surface area contributed by atoms with E-state index in [0.717, 1.165) is 32.1 Å². The molecule has 1 amide bonds. The topological polar surface area (TPSA) is 83.1 Å². The lowest BCUT2D eigenvalue weighted by Crippen LogP contribution is -2.32. The molecule has 7 nitrogen and oxygen atoms in total. The van der Waals surface area contributed by atoms with Gasteiger partial charge in [0.2, 0.25) is 0 Å². The molecule has 7 heteroatoms. The van der Waals surface area contributed by atoms with Crippen LogP contribution in [0.3, 0.4) is 0 Å². The summed E-state index contributed by atoms with van der Waals surface area (Å²) in [6.07, 6.45) is 41.0. The lowest BCUT2D eigenvalue weighted by atomic mass is 10.0. The fourth-order valence-electron chi connectivity index (χ4n) is 6.67. The Morgan fingerprint density at radius 3 is 1.29 bits per heavy atom. The van der Waals surface area contributed by atoms with Gasteiger partial charge in [-0.1, -0.05) is 200 Å². The van der Waals surface area contributed by atoms with Crippen molar-refractivity contribution in [3.05, 3.63) is 0 Å². The highest BCUT2D eigenvalue weighted by molar-refractivity contribution is 5.69. The molecule has 0 aromatic rings. The molecular formula is C44H87NO6. The van der Waals surface area contributed by atoms with E-state index in [4.69, 9.17) is 18.9 Å². The number of esters is 1. The number of nitrogens with one attached hydrogen (secondary N) is 1. The lowest BCUT2D eigenvalue weighted by molar-refractivity contribution is -0.151. The zero-order valence-electron chi connectivity index (χ0n) is 34.4. The number of alkyl carbamates (subject to hydrolysis) is 1. The zero-order valence-corrected chi connectivity index (χ0v) is 34.4. The Balaban J connectivity index is 4.08. The van der Waals surface area contributed by atoms with E-state index in [9.17, 15) is 9.59 Å². The maximum atomic E-state index is 12.7. The normalized spacial score (nSPS) is 11.9. The van der Waals surface area contributed by atoms with E-state index in [-0.39, 0.29) is 18.7 Å². The molecule has 0 aromatic carbocycles. The molecule has 1 N–H and O–H groups in total. The van der Waals surface area contributed by atoms with E-state index >= 15 is 0 Å². The van der Waals surface area contributed by atoms with E-state index in [2.05, 4.69) is 19.2 Å². The first-order valence-electron chi connectivity index (χ1n) is 22.3. The number of ether oxygens (including phenoxy) is 4. The first kappa shape index (κ1) is 49.7. The van der Waals surface area contributed by atoms with E-state index in [0.29, 0.717) is 32.8 Å². The maximum absolute atomic E-state index is 12.7. The van der Waals surface area contributed by atoms with Crippen molar-refractivity contribution in [1.82, 2.24) is 5.32 Å². The summed E-state index contributed by atoms with van der Waals surface area (Å²) < 4.78 is 21.6. The molecule has 1 atom stereocenters. The van der Waals surface area contributed by atoms with Gasteiger partial charge in [-0.2, -0.15) is 0 Å². The summed E-state index contributed by atoms with van der Waals surface area (Å²) in [5.41, 5.74) is 0. The van der Waals surface area contributed by atoms with Gasteiger partial charge in [0, 0.05) is 20.1 Å². The van der Waals surface area contributed by atoms with Gasteiger partial charge in [0.25, 0.3) is 0 Å². The summed E-state index contributed by atoms with van der Waals surface area (Å²) in [7, 11) is 1.63. The second-order valence-electron chi connectivity index (χ2n) is 15.0. The van der Waals surface area contributed by atoms with Gasteiger partial charge in [0.1, 0.15) is 12.7 Å². The smallest absolute Gasteiger partial charge is 0.407 e. The predicted octanol–water partition coefficient (Wildman–Crippen LogP) is 13.2. The molecule has 0 spiro atoms. The lowest BCUT2D eigenvalue weighted by Gasteiger charge is -2.18. The summed E-state index contributed by atoms with van der Waals surface area (Å²) >= 11 is 0. The quantitative estimate of drug-likeness (QED) is 0.0498. The fraction of sp³-hybridized carbons (Fsp3) is 0.955. The Morgan fingerprint density at radius 2 is 0.882 bits per heavy atom. The standard InChI is InChI=1S/C44H87NO6/c1-4-6-8-10-12-14-16-18-20-22-23-25-27-29-31-33-35-42(41-50-44(47)45-37-38-49-40-39-48-3)51-43(46)36-34-32-30-28-26-24-21-19-17-15-13-11-9-7-5-2/h42H,4-41H2,1-3H3,(H,45,47). The highest BCUT2D eigenvalue weighted by atomic mass is 16.6. The second-order valence-corrected chi connectivity index (χ2v) is 15.0. The Hall–Kier alpha value is -1.34. The van der Waals surface area contributed by atoms with E-state index < -0.39 is 6.09 Å². The van der Waals surface area contributed by atoms with Crippen LogP contribution in [0.5, 0.6) is 0 Å². The minimum Gasteiger partial charge on any atom is -0.459 e. The van der Waals surface area contributed by atoms with Crippen LogP contribution >= 0.6 is 0 Å². The van der Waals surface area contributed by atoms with Gasteiger partial charge in [0.15, 0.2) is 0 Å². The first-order chi connectivity index (χ1) is 25.1. The van der Waals surface area contributed by atoms with Crippen LogP contribution in [0, 0.1) is 0 Å². The number of methoxy groups -OCH3 is 1. The van der Waals surface area contributed by atoms with Gasteiger partial charge < -0.3 is 24.3 Å². The Labute approximate surface area is 317 Å². The number of rotatable bonds is 42. The molecule has 51 heavy (non-hydrogen) atoms. The average Bonchev–Trinajstić information content (AvgIpc) is 3.13. The number of amides is 1. The van der Waals surface area contributed by atoms with Crippen LogP contribution in [0.15, 0.2) is 0 Å². The van der Waals surface area contributed by atoms with Gasteiger partial charge in [-0.05, 0) is 19.3 Å². The number of hydrogen-bond acceptors (Lipinski definition) is 6. The fourth-order valence-corrected chi connectivity index (χ4v) is 6.67. The molecule has 0 bridgehead atoms. The minimum absolute atomic E-state index is 0.0969. The van der Waals surface area contributed by atoms with Crippen molar-refractivity contribution in [3.8, 4) is 0 Å². The third-order valence-corrected chi connectivity index (χ3v) is 10.0. The van der Waals surface area contributed by atoms with E-state index in [1.54, 1.807) is 7.11 Å². The van der Waals surface area contributed by atoms with Crippen LogP contribution in [0.1, 0.15) is 226 Å². The van der Waals surface area contributed by atoms with E-state index in [1.165, 1.54) is 173 Å². The third kappa shape index (κ3) is 41.3. The summed E-state index contributed by atoms with van der Waals surface area (Å²) in [6, 6.07) is 0. The molecule has 0 aliphatic carbocycles. The van der Waals surface area contributed by atoms with Crippen LogP contribution in [0.2, 0.25) is 0 Å². The first-order valence-corrected chi connectivity index (χ1v) is 22.3. The third-order valence-electron chi connectivity index (χ3n) is 10.0. The SMILES string of the molecule is CCCCCCCCCCCCCCCCCCC(COC(=O)NCCOCCOC)OC(=O)CCCCCCCCCCCCCCCCC. The molecule has 0 aliphatic rings. The number of unbranched alkanes of at least 4 members (excludes halogenated alkanes) is 29. The molecule has 0 rings (SSSR count). The van der Waals surface area contributed by atoms with Gasteiger partial charge in [-0.25, -0.2) is 4.79 Å². The molecular weight excluding hydrogens is 638 g/mol. The highest BCUT2D eigenvalue weighted by Crippen LogP contribution is 2.17. The van der Waals surface area contributed by atoms with Crippen molar-refractivity contribution >= 4 is 12.1 Å². The molecule has 0 fully saturated rings. The van der Waals surface area contributed by atoms with Crippen molar-refractivity contribution < 1.29 is 28.5 Å². The zero-order chi connectivity index (χ0) is 37.1. The molecule has 1 unspecified atom stereocenters. The minimum atomic E-state index is -0.499. The second kappa shape index (κ2) is 43.1. The van der Waals surface area contributed by atoms with Gasteiger partial charge in [-0.15, -0.1) is 0 Å². The molecule has 304 valence electrons. The van der Waals surface area contributed by atoms with Crippen LogP contribution in [0.25, 0.3) is 0 Å². The largest absolute Gasteiger partial charge is 0.459 e. The Kier molecular flexibility index (Phi) is 41.9. The Morgan fingerprint density at radius 1 is 0.490 bits per heavy atom. The van der Waals surface area contributed by atoms with Crippen molar-refractivity contribution in [2.45, 2.75) is 232 Å². The van der Waals surface area contributed by atoms with E-state index in [1.807, 2.05) is 0 Å². The molecule has 0 radical (unpaired) electrons. The summed E-state index contributed by atoms with van der Waals surface area (Å²) in [6.45, 7) is 6.43. The van der Waals surface area contributed by atoms with Crippen LogP contribution in [-0.4, -0.2) is 58.2 Å². The average molecular weight is 726 g/mol. The molecule has 0 aliphatic heterocycles. The Bertz CT molecular complexity index is 705. The van der Waals surface area contributed by atoms with Gasteiger partial charge >= 0.3 is 12.1 Å². The summed E-state index contributed by atoms with van der Waals surface area (Å²) in [5.74, 6) is -0.165. The number of carbonyl (C=O) groups excluding carboxylic acids is 2. The van der Waals surface area contributed by atoms with Crippen molar-refractivity contribution in [2.75, 3.05) is 40.1 Å². The maximum Gasteiger partial charge on any atom is 0.407 e. The van der Waals surface area contributed by atoms with Gasteiger partial charge in [0.05, 0.1) is 19.8 Å². The number of carbonyl (C=O) groups is 2.